The summed E-state index contributed by atoms with van der Waals surface area (Å²) in [6, 6.07) is 4.43. The summed E-state index contributed by atoms with van der Waals surface area (Å²) < 4.78 is 24.9. The lowest BCUT2D eigenvalue weighted by molar-refractivity contribution is -0.119. The Morgan fingerprint density at radius 3 is 2.70 bits per heavy atom. The van der Waals surface area contributed by atoms with Gasteiger partial charge in [0.15, 0.2) is 5.13 Å². The van der Waals surface area contributed by atoms with Gasteiger partial charge in [0.05, 0.1) is 10.2 Å². The van der Waals surface area contributed by atoms with Crippen LogP contribution in [-0.2, 0) is 14.3 Å². The molecule has 1 aromatic heterocycles. The first-order valence-corrected chi connectivity index (χ1v) is 9.49. The second-order valence-corrected chi connectivity index (χ2v) is 6.80. The molecule has 3 rings (SSSR count). The summed E-state index contributed by atoms with van der Waals surface area (Å²) in [4.78, 5) is 21.3. The van der Waals surface area contributed by atoms with Crippen molar-refractivity contribution in [3.8, 4) is 0 Å². The van der Waals surface area contributed by atoms with Gasteiger partial charge in [-0.3, -0.25) is 9.69 Å². The van der Waals surface area contributed by atoms with E-state index in [1.807, 2.05) is 0 Å². The number of hydrogen-bond donors (Lipinski definition) is 0. The normalized spacial score (nSPS) is 13.6. The van der Waals surface area contributed by atoms with Crippen molar-refractivity contribution in [2.24, 2.45) is 0 Å². The lowest BCUT2D eigenvalue weighted by atomic mass is 10.3. The number of anilines is 1. The Balaban J connectivity index is 0.00000261. The molecule has 148 valence electrons. The van der Waals surface area contributed by atoms with Gasteiger partial charge in [0.1, 0.15) is 25.3 Å². The minimum absolute atomic E-state index is 0. The van der Waals surface area contributed by atoms with E-state index < -0.39 is 0 Å². The molecule has 0 bridgehead atoms. The summed E-state index contributed by atoms with van der Waals surface area (Å²) in [5.41, 5.74) is 0.668. The molecule has 1 aromatic carbocycles. The lowest BCUT2D eigenvalue weighted by Crippen LogP contribution is -2.40. The van der Waals surface area contributed by atoms with Crippen molar-refractivity contribution in [2.45, 2.75) is 13.8 Å². The van der Waals surface area contributed by atoms with Gasteiger partial charge in [0.25, 0.3) is 5.91 Å². The highest BCUT2D eigenvalue weighted by Crippen LogP contribution is 2.30. The van der Waals surface area contributed by atoms with Crippen LogP contribution in [0.2, 0.25) is 0 Å². The maximum absolute atomic E-state index is 13.5. The van der Waals surface area contributed by atoms with Gasteiger partial charge in [-0.2, -0.15) is 0 Å². The fraction of sp³-hybridized carbons (Fsp3) is 0.444. The zero-order valence-corrected chi connectivity index (χ0v) is 16.9. The number of hydrogen-bond acceptors (Lipinski definition) is 6. The standard InChI is InChI=1S/C18H22FN3O3S.ClH/c1-3-21(4-2)7-8-22(17(23)15-12-24-9-10-25-15)18-20-14-6-5-13(19)11-16(14)26-18;/h5-6,11-12H,3-4,7-10H2,1-2H3;1H. The molecule has 2 heterocycles. The molecule has 2 aromatic rings. The average molecular weight is 416 g/mol. The van der Waals surface area contributed by atoms with Crippen molar-refractivity contribution in [2.75, 3.05) is 44.3 Å². The van der Waals surface area contributed by atoms with Gasteiger partial charge in [-0.05, 0) is 31.3 Å². The van der Waals surface area contributed by atoms with E-state index in [1.165, 1.54) is 29.7 Å². The first kappa shape index (κ1) is 21.4. The van der Waals surface area contributed by atoms with Crippen LogP contribution in [0, 0.1) is 5.82 Å². The van der Waals surface area contributed by atoms with E-state index in [1.54, 1.807) is 11.0 Å². The van der Waals surface area contributed by atoms with E-state index in [0.717, 1.165) is 13.1 Å². The third kappa shape index (κ3) is 5.09. The maximum atomic E-state index is 13.5. The molecule has 1 aliphatic rings. The molecule has 0 aliphatic carbocycles. The van der Waals surface area contributed by atoms with Crippen LogP contribution in [0.3, 0.4) is 0 Å². The van der Waals surface area contributed by atoms with Crippen molar-refractivity contribution in [1.82, 2.24) is 9.88 Å². The summed E-state index contributed by atoms with van der Waals surface area (Å²) in [6.45, 7) is 7.88. The van der Waals surface area contributed by atoms with E-state index in [4.69, 9.17) is 9.47 Å². The van der Waals surface area contributed by atoms with E-state index in [9.17, 15) is 9.18 Å². The fourth-order valence-electron chi connectivity index (χ4n) is 2.68. The molecule has 6 nitrogen and oxygen atoms in total. The highest BCUT2D eigenvalue weighted by atomic mass is 35.5. The highest BCUT2D eigenvalue weighted by molar-refractivity contribution is 7.22. The number of thiazole rings is 1. The maximum Gasteiger partial charge on any atom is 0.298 e. The molecule has 1 amide bonds. The summed E-state index contributed by atoms with van der Waals surface area (Å²) in [5.74, 6) is -0.446. The van der Waals surface area contributed by atoms with Gasteiger partial charge in [-0.15, -0.1) is 12.4 Å². The quantitative estimate of drug-likeness (QED) is 0.693. The number of carbonyl (C=O) groups excluding carboxylic acids is 1. The molecular formula is C18H23ClFN3O3S. The SMILES string of the molecule is CCN(CC)CCN(C(=O)C1=COCCO1)c1nc2ccc(F)cc2s1.Cl. The predicted molar refractivity (Wildman–Crippen MR) is 107 cm³/mol. The number of likely N-dealkylation sites (N-methyl/N-ethyl adjacent to an activating group) is 1. The van der Waals surface area contributed by atoms with Gasteiger partial charge in [0, 0.05) is 13.1 Å². The topological polar surface area (TPSA) is 54.9 Å². The Hall–Kier alpha value is -1.90. The molecule has 0 N–H and O–H groups in total. The third-order valence-corrected chi connectivity index (χ3v) is 5.25. The van der Waals surface area contributed by atoms with Crippen molar-refractivity contribution in [3.63, 3.8) is 0 Å². The summed E-state index contributed by atoms with van der Waals surface area (Å²) in [6.07, 6.45) is 1.35. The predicted octanol–water partition coefficient (Wildman–Crippen LogP) is 3.42. The Labute approximate surface area is 168 Å². The van der Waals surface area contributed by atoms with E-state index in [-0.39, 0.29) is 29.9 Å². The number of rotatable bonds is 7. The van der Waals surface area contributed by atoms with Gasteiger partial charge in [0.2, 0.25) is 5.76 Å². The molecule has 0 unspecified atom stereocenters. The van der Waals surface area contributed by atoms with E-state index in [0.29, 0.717) is 41.7 Å². The van der Waals surface area contributed by atoms with Crippen molar-refractivity contribution in [3.05, 3.63) is 36.0 Å². The van der Waals surface area contributed by atoms with E-state index in [2.05, 4.69) is 23.7 Å². The van der Waals surface area contributed by atoms with Crippen LogP contribution in [0.25, 0.3) is 10.2 Å². The first-order chi connectivity index (χ1) is 12.6. The summed E-state index contributed by atoms with van der Waals surface area (Å²) in [7, 11) is 0. The number of benzene rings is 1. The molecule has 0 radical (unpaired) electrons. The highest BCUT2D eigenvalue weighted by Gasteiger charge is 2.26. The summed E-state index contributed by atoms with van der Waals surface area (Å²) in [5, 5.41) is 0.526. The summed E-state index contributed by atoms with van der Waals surface area (Å²) >= 11 is 1.29. The minimum atomic E-state index is -0.319. The molecule has 0 spiro atoms. The lowest BCUT2D eigenvalue weighted by Gasteiger charge is -2.26. The van der Waals surface area contributed by atoms with Crippen LogP contribution >= 0.6 is 23.7 Å². The number of amides is 1. The second kappa shape index (κ2) is 9.87. The average Bonchev–Trinajstić information content (AvgIpc) is 3.08. The molecule has 27 heavy (non-hydrogen) atoms. The molecule has 0 atom stereocenters. The van der Waals surface area contributed by atoms with Crippen LogP contribution < -0.4 is 4.90 Å². The minimum Gasteiger partial charge on any atom is -0.494 e. The Morgan fingerprint density at radius 2 is 2.04 bits per heavy atom. The van der Waals surface area contributed by atoms with Gasteiger partial charge in [-0.25, -0.2) is 9.37 Å². The largest absolute Gasteiger partial charge is 0.494 e. The second-order valence-electron chi connectivity index (χ2n) is 5.79. The fourth-order valence-corrected chi connectivity index (χ4v) is 3.70. The first-order valence-electron chi connectivity index (χ1n) is 8.67. The number of halogens is 2. The Morgan fingerprint density at radius 1 is 1.26 bits per heavy atom. The number of aromatic nitrogens is 1. The van der Waals surface area contributed by atoms with Crippen LogP contribution in [0.1, 0.15) is 13.8 Å². The Bertz CT molecular complexity index is 810. The number of ether oxygens (including phenoxy) is 2. The molecule has 9 heteroatoms. The molecule has 0 fully saturated rings. The van der Waals surface area contributed by atoms with Gasteiger partial charge >= 0.3 is 0 Å². The smallest absolute Gasteiger partial charge is 0.298 e. The number of nitrogens with zero attached hydrogens (tertiary/aromatic N) is 3. The third-order valence-electron chi connectivity index (χ3n) is 4.21. The zero-order chi connectivity index (χ0) is 18.5. The van der Waals surface area contributed by atoms with Crippen LogP contribution in [0.5, 0.6) is 0 Å². The van der Waals surface area contributed by atoms with Crippen molar-refractivity contribution < 1.29 is 18.7 Å². The number of carbonyl (C=O) groups is 1. The molecule has 0 saturated carbocycles. The Kier molecular flexibility index (Phi) is 7.82. The van der Waals surface area contributed by atoms with Crippen molar-refractivity contribution in [1.29, 1.82) is 0 Å². The van der Waals surface area contributed by atoms with Crippen LogP contribution in [0.4, 0.5) is 9.52 Å². The van der Waals surface area contributed by atoms with Crippen molar-refractivity contribution >= 4 is 45.0 Å². The molecular weight excluding hydrogens is 393 g/mol. The van der Waals surface area contributed by atoms with Crippen LogP contribution in [0.15, 0.2) is 30.2 Å². The van der Waals surface area contributed by atoms with Gasteiger partial charge < -0.3 is 14.4 Å². The zero-order valence-electron chi connectivity index (χ0n) is 15.3. The molecule has 1 aliphatic heterocycles. The number of fused-ring (bicyclic) bond motifs is 1. The van der Waals surface area contributed by atoms with Crippen LogP contribution in [-0.4, -0.2) is 55.2 Å². The molecule has 0 saturated heterocycles. The van der Waals surface area contributed by atoms with E-state index >= 15 is 0 Å². The monoisotopic (exact) mass is 415 g/mol. The van der Waals surface area contributed by atoms with Gasteiger partial charge in [-0.1, -0.05) is 25.2 Å².